The van der Waals surface area contributed by atoms with E-state index in [9.17, 15) is 9.59 Å². The molecule has 6 heteroatoms. The second-order valence-electron chi connectivity index (χ2n) is 9.48. The number of likely N-dealkylation sites (tertiary alicyclic amines) is 1. The number of carboxylic acid groups (broad SMARTS) is 1. The number of carbonyl (C=O) groups is 2. The van der Waals surface area contributed by atoms with Crippen LogP contribution >= 0.6 is 0 Å². The summed E-state index contributed by atoms with van der Waals surface area (Å²) in [7, 11) is 0. The number of benzene rings is 2. The van der Waals surface area contributed by atoms with Crippen LogP contribution in [0.25, 0.3) is 0 Å². The van der Waals surface area contributed by atoms with Crippen LogP contribution in [0.5, 0.6) is 5.75 Å². The van der Waals surface area contributed by atoms with E-state index in [2.05, 4.69) is 43.4 Å². The number of carbonyl (C=O) groups excluding carboxylic acids is 1. The number of piperidine rings is 1. The van der Waals surface area contributed by atoms with Crippen LogP contribution in [0.2, 0.25) is 0 Å². The quantitative estimate of drug-likeness (QED) is 0.672. The van der Waals surface area contributed by atoms with Crippen LogP contribution in [0.4, 0.5) is 4.79 Å². The largest absolute Gasteiger partial charge is 0.490 e. The predicted octanol–water partition coefficient (Wildman–Crippen LogP) is 4.45. The molecule has 170 valence electrons. The van der Waals surface area contributed by atoms with Gasteiger partial charge in [0, 0.05) is 44.3 Å². The smallest absolute Gasteiger partial charge is 0.317 e. The number of nitrogens with one attached hydrogen (secondary N) is 1. The van der Waals surface area contributed by atoms with Crippen LogP contribution in [-0.4, -0.2) is 47.2 Å². The normalized spacial score (nSPS) is 22.2. The van der Waals surface area contributed by atoms with Crippen molar-refractivity contribution < 1.29 is 19.4 Å². The molecule has 1 saturated carbocycles. The molecule has 2 N–H and O–H groups in total. The summed E-state index contributed by atoms with van der Waals surface area (Å²) >= 11 is 0. The van der Waals surface area contributed by atoms with Crippen LogP contribution < -0.4 is 10.1 Å². The van der Waals surface area contributed by atoms with Crippen LogP contribution in [0.1, 0.15) is 50.2 Å². The maximum Gasteiger partial charge on any atom is 0.317 e. The lowest BCUT2D eigenvalue weighted by atomic mass is 10.0. The van der Waals surface area contributed by atoms with E-state index in [0.717, 1.165) is 24.2 Å². The zero-order valence-corrected chi connectivity index (χ0v) is 18.8. The standard InChI is InChI=1S/C26H32N2O4/c1-26(2)23(19-6-4-3-5-7-19)24(26)27-25(31)28-16-14-21(15-17-28)32-20-11-8-18(9-12-20)10-13-22(29)30/h3-9,11-12,21,23-24H,10,13-17H2,1-2H3,(H,27,31)(H,29,30)/t23-,24-/m1/s1. The molecule has 2 aromatic rings. The fourth-order valence-electron chi connectivity index (χ4n) is 4.77. The molecule has 2 fully saturated rings. The van der Waals surface area contributed by atoms with Crippen molar-refractivity contribution in [2.24, 2.45) is 5.41 Å². The Balaban J connectivity index is 1.23. The number of urea groups is 1. The van der Waals surface area contributed by atoms with E-state index in [4.69, 9.17) is 9.84 Å². The Morgan fingerprint density at radius 2 is 1.72 bits per heavy atom. The summed E-state index contributed by atoms with van der Waals surface area (Å²) in [6.07, 6.45) is 2.32. The van der Waals surface area contributed by atoms with Crippen molar-refractivity contribution in [1.29, 1.82) is 0 Å². The van der Waals surface area contributed by atoms with E-state index in [-0.39, 0.29) is 30.0 Å². The van der Waals surface area contributed by atoms with Crippen LogP contribution in [0, 0.1) is 5.41 Å². The van der Waals surface area contributed by atoms with Gasteiger partial charge in [0.05, 0.1) is 0 Å². The number of aliphatic carboxylic acids is 1. The first kappa shape index (κ1) is 22.2. The third-order valence-corrected chi connectivity index (χ3v) is 6.85. The molecular weight excluding hydrogens is 404 g/mol. The minimum Gasteiger partial charge on any atom is -0.490 e. The molecule has 0 spiro atoms. The average Bonchev–Trinajstić information content (AvgIpc) is 3.33. The summed E-state index contributed by atoms with van der Waals surface area (Å²) in [5.74, 6) is 0.353. The van der Waals surface area contributed by atoms with Gasteiger partial charge in [0.1, 0.15) is 11.9 Å². The minimum atomic E-state index is -0.790. The highest BCUT2D eigenvalue weighted by Crippen LogP contribution is 2.58. The van der Waals surface area contributed by atoms with Gasteiger partial charge in [-0.2, -0.15) is 0 Å². The third kappa shape index (κ3) is 5.06. The van der Waals surface area contributed by atoms with Crippen molar-refractivity contribution >= 4 is 12.0 Å². The zero-order valence-electron chi connectivity index (χ0n) is 18.8. The Bertz CT molecular complexity index is 934. The summed E-state index contributed by atoms with van der Waals surface area (Å²) in [5.41, 5.74) is 2.33. The van der Waals surface area contributed by atoms with Gasteiger partial charge in [0.25, 0.3) is 0 Å². The highest BCUT2D eigenvalue weighted by Gasteiger charge is 2.59. The number of rotatable bonds is 7. The van der Waals surface area contributed by atoms with Crippen molar-refractivity contribution in [3.8, 4) is 5.75 Å². The molecule has 2 amide bonds. The lowest BCUT2D eigenvalue weighted by molar-refractivity contribution is -0.136. The maximum atomic E-state index is 12.9. The number of amides is 2. The molecule has 2 aromatic carbocycles. The van der Waals surface area contributed by atoms with Crippen molar-refractivity contribution in [3.63, 3.8) is 0 Å². The van der Waals surface area contributed by atoms with Gasteiger partial charge in [-0.05, 0) is 35.1 Å². The molecule has 0 bridgehead atoms. The van der Waals surface area contributed by atoms with Crippen molar-refractivity contribution in [2.75, 3.05) is 13.1 Å². The van der Waals surface area contributed by atoms with E-state index in [1.54, 1.807) is 0 Å². The van der Waals surface area contributed by atoms with Gasteiger partial charge in [0.2, 0.25) is 0 Å². The van der Waals surface area contributed by atoms with E-state index in [0.29, 0.717) is 25.4 Å². The summed E-state index contributed by atoms with van der Waals surface area (Å²) in [6.45, 7) is 5.78. The lowest BCUT2D eigenvalue weighted by Gasteiger charge is -2.32. The number of nitrogens with zero attached hydrogens (tertiary/aromatic N) is 1. The Morgan fingerprint density at radius 1 is 1.06 bits per heavy atom. The number of hydrogen-bond acceptors (Lipinski definition) is 3. The fraction of sp³-hybridized carbons (Fsp3) is 0.462. The first-order valence-corrected chi connectivity index (χ1v) is 11.4. The Morgan fingerprint density at radius 3 is 2.34 bits per heavy atom. The second kappa shape index (κ2) is 9.23. The Labute approximate surface area is 189 Å². The summed E-state index contributed by atoms with van der Waals surface area (Å²) in [4.78, 5) is 25.4. The van der Waals surface area contributed by atoms with Gasteiger partial charge < -0.3 is 20.1 Å². The molecule has 0 radical (unpaired) electrons. The molecule has 1 heterocycles. The van der Waals surface area contributed by atoms with Gasteiger partial charge in [-0.1, -0.05) is 56.3 Å². The van der Waals surface area contributed by atoms with Crippen LogP contribution in [-0.2, 0) is 11.2 Å². The monoisotopic (exact) mass is 436 g/mol. The predicted molar refractivity (Wildman–Crippen MR) is 123 cm³/mol. The Hall–Kier alpha value is -3.02. The van der Waals surface area contributed by atoms with Gasteiger partial charge in [0.15, 0.2) is 0 Å². The van der Waals surface area contributed by atoms with Gasteiger partial charge in [-0.3, -0.25) is 4.79 Å². The molecule has 6 nitrogen and oxygen atoms in total. The molecule has 32 heavy (non-hydrogen) atoms. The van der Waals surface area contributed by atoms with E-state index < -0.39 is 5.97 Å². The summed E-state index contributed by atoms with van der Waals surface area (Å²) in [6, 6.07) is 18.2. The topological polar surface area (TPSA) is 78.9 Å². The molecule has 0 unspecified atom stereocenters. The molecule has 1 aliphatic heterocycles. The molecule has 0 aromatic heterocycles. The molecule has 2 atom stereocenters. The molecule has 1 saturated heterocycles. The molecule has 1 aliphatic carbocycles. The number of carboxylic acids is 1. The minimum absolute atomic E-state index is 0.0164. The highest BCUT2D eigenvalue weighted by atomic mass is 16.5. The van der Waals surface area contributed by atoms with E-state index in [1.165, 1.54) is 5.56 Å². The first-order chi connectivity index (χ1) is 15.3. The van der Waals surface area contributed by atoms with Gasteiger partial charge in [-0.15, -0.1) is 0 Å². The number of aryl methyl sites for hydroxylation is 1. The van der Waals surface area contributed by atoms with Crippen LogP contribution in [0.15, 0.2) is 54.6 Å². The average molecular weight is 437 g/mol. The molecular formula is C26H32N2O4. The summed E-state index contributed by atoms with van der Waals surface area (Å²) in [5, 5.41) is 12.0. The third-order valence-electron chi connectivity index (χ3n) is 6.85. The van der Waals surface area contributed by atoms with Crippen molar-refractivity contribution in [2.45, 2.75) is 57.6 Å². The highest BCUT2D eigenvalue weighted by molar-refractivity contribution is 5.75. The van der Waals surface area contributed by atoms with E-state index in [1.807, 2.05) is 35.2 Å². The van der Waals surface area contributed by atoms with E-state index >= 15 is 0 Å². The summed E-state index contributed by atoms with van der Waals surface area (Å²) < 4.78 is 6.09. The van der Waals surface area contributed by atoms with Gasteiger partial charge in [-0.25, -0.2) is 4.79 Å². The molecule has 4 rings (SSSR count). The zero-order chi connectivity index (χ0) is 22.7. The SMILES string of the molecule is CC1(C)[C@H](NC(=O)N2CCC(Oc3ccc(CCC(=O)O)cc3)CC2)[C@H]1c1ccccc1. The van der Waals surface area contributed by atoms with Gasteiger partial charge >= 0.3 is 12.0 Å². The molecule has 2 aliphatic rings. The van der Waals surface area contributed by atoms with Crippen LogP contribution in [0.3, 0.4) is 0 Å². The van der Waals surface area contributed by atoms with Crippen molar-refractivity contribution in [3.05, 3.63) is 65.7 Å². The lowest BCUT2D eigenvalue weighted by Crippen LogP contribution is -2.47. The fourth-order valence-corrected chi connectivity index (χ4v) is 4.77. The number of ether oxygens (including phenoxy) is 1. The Kier molecular flexibility index (Phi) is 6.40. The van der Waals surface area contributed by atoms with Crippen molar-refractivity contribution in [1.82, 2.24) is 10.2 Å². The number of hydrogen-bond donors (Lipinski definition) is 2. The first-order valence-electron chi connectivity index (χ1n) is 11.4. The maximum absolute atomic E-state index is 12.9. The second-order valence-corrected chi connectivity index (χ2v) is 9.48.